The van der Waals surface area contributed by atoms with Crippen LogP contribution >= 0.6 is 0 Å². The molecule has 3 heterocycles. The van der Waals surface area contributed by atoms with Gasteiger partial charge < -0.3 is 19.1 Å². The van der Waals surface area contributed by atoms with Crippen molar-refractivity contribution in [2.75, 3.05) is 13.6 Å². The van der Waals surface area contributed by atoms with Gasteiger partial charge in [0.1, 0.15) is 17.6 Å². The maximum absolute atomic E-state index is 12.6. The monoisotopic (exact) mass is 275 g/mol. The number of hydrogen-bond donors (Lipinski definition) is 1. The molecule has 106 valence electrons. The summed E-state index contributed by atoms with van der Waals surface area (Å²) in [5, 5.41) is 3.03. The third kappa shape index (κ3) is 2.22. The molecule has 1 N–H and O–H groups in total. The third-order valence-corrected chi connectivity index (χ3v) is 3.56. The van der Waals surface area contributed by atoms with E-state index in [1.165, 1.54) is 0 Å². The maximum atomic E-state index is 12.6. The van der Waals surface area contributed by atoms with Crippen molar-refractivity contribution in [1.29, 1.82) is 0 Å². The van der Waals surface area contributed by atoms with Gasteiger partial charge in [0.25, 0.3) is 0 Å². The minimum absolute atomic E-state index is 0.00440. The van der Waals surface area contributed by atoms with E-state index in [1.807, 2.05) is 6.07 Å². The smallest absolute Gasteiger partial charge is 0.248 e. The van der Waals surface area contributed by atoms with E-state index in [9.17, 15) is 4.79 Å². The normalized spacial score (nSPS) is 19.0. The van der Waals surface area contributed by atoms with Gasteiger partial charge in [-0.1, -0.05) is 0 Å². The number of nitrogens with one attached hydrogen (secondary N) is 1. The van der Waals surface area contributed by atoms with Crippen LogP contribution in [0.15, 0.2) is 27.4 Å². The highest BCUT2D eigenvalue weighted by Gasteiger charge is 2.32. The van der Waals surface area contributed by atoms with Crippen molar-refractivity contribution in [2.24, 2.45) is 0 Å². The van der Waals surface area contributed by atoms with Gasteiger partial charge in [-0.3, -0.25) is 4.79 Å². The van der Waals surface area contributed by atoms with E-state index in [0.717, 1.165) is 12.0 Å². The maximum Gasteiger partial charge on any atom is 0.248 e. The number of carbonyl (C=O) groups excluding carboxylic acids is 1. The van der Waals surface area contributed by atoms with Gasteiger partial charge in [0.05, 0.1) is 19.0 Å². The Hall–Kier alpha value is -2.08. The van der Waals surface area contributed by atoms with Gasteiger partial charge in [-0.05, 0) is 25.1 Å². The molecule has 6 nitrogen and oxygen atoms in total. The van der Waals surface area contributed by atoms with Crippen LogP contribution in [0.3, 0.4) is 0 Å². The fraction of sp³-hybridized carbons (Fsp3) is 0.429. The summed E-state index contributed by atoms with van der Waals surface area (Å²) in [6.45, 7) is 2.87. The molecule has 0 aromatic carbocycles. The van der Waals surface area contributed by atoms with Gasteiger partial charge >= 0.3 is 0 Å². The lowest BCUT2D eigenvalue weighted by Crippen LogP contribution is -2.38. The van der Waals surface area contributed by atoms with Gasteiger partial charge in [-0.25, -0.2) is 4.98 Å². The van der Waals surface area contributed by atoms with E-state index in [2.05, 4.69) is 10.3 Å². The van der Waals surface area contributed by atoms with Crippen molar-refractivity contribution < 1.29 is 13.6 Å². The van der Waals surface area contributed by atoms with E-state index in [-0.39, 0.29) is 5.91 Å². The number of nitrogens with zero attached hydrogens (tertiary/aromatic N) is 2. The Labute approximate surface area is 116 Å². The van der Waals surface area contributed by atoms with E-state index in [0.29, 0.717) is 30.5 Å². The fourth-order valence-corrected chi connectivity index (χ4v) is 2.55. The molecule has 0 fully saturated rings. The summed E-state index contributed by atoms with van der Waals surface area (Å²) in [5.41, 5.74) is 1.08. The summed E-state index contributed by atoms with van der Waals surface area (Å²) in [5.74, 6) is 2.02. The summed E-state index contributed by atoms with van der Waals surface area (Å²) in [4.78, 5) is 18.4. The third-order valence-electron chi connectivity index (χ3n) is 3.56. The second kappa shape index (κ2) is 5.13. The van der Waals surface area contributed by atoms with Gasteiger partial charge in [-0.2, -0.15) is 0 Å². The topological polar surface area (TPSA) is 71.5 Å². The zero-order chi connectivity index (χ0) is 14.1. The van der Waals surface area contributed by atoms with Gasteiger partial charge in [0, 0.05) is 13.5 Å². The largest absolute Gasteiger partial charge is 0.467 e. The van der Waals surface area contributed by atoms with Crippen LogP contribution in [0.5, 0.6) is 0 Å². The highest BCUT2D eigenvalue weighted by molar-refractivity contribution is 5.83. The first-order valence-corrected chi connectivity index (χ1v) is 6.62. The summed E-state index contributed by atoms with van der Waals surface area (Å²) < 4.78 is 10.9. The average molecular weight is 275 g/mol. The molecule has 6 heteroatoms. The standard InChI is InChI=1S/C14H17N3O3/c1-9-16-7-11(20-9)8-17-5-3-10-4-6-19-13(10)12(15-2)14(17)18/h4,6-7,12,15H,3,5,8H2,1-2H3. The second-order valence-corrected chi connectivity index (χ2v) is 4.89. The molecule has 1 aliphatic heterocycles. The Kier molecular flexibility index (Phi) is 3.31. The Morgan fingerprint density at radius 3 is 3.10 bits per heavy atom. The van der Waals surface area contributed by atoms with E-state index < -0.39 is 6.04 Å². The first-order chi connectivity index (χ1) is 9.69. The predicted molar refractivity (Wildman–Crippen MR) is 70.9 cm³/mol. The quantitative estimate of drug-likeness (QED) is 0.917. The molecule has 0 radical (unpaired) electrons. The molecule has 0 saturated carbocycles. The molecule has 0 aliphatic carbocycles. The SMILES string of the molecule is CNC1C(=O)N(Cc2cnc(C)o2)CCc2ccoc21. The van der Waals surface area contributed by atoms with E-state index in [1.54, 1.807) is 31.3 Å². The molecule has 1 atom stereocenters. The molecule has 1 aliphatic rings. The molecule has 1 unspecified atom stereocenters. The predicted octanol–water partition coefficient (Wildman–Crippen LogP) is 1.42. The number of hydrogen-bond acceptors (Lipinski definition) is 5. The number of aryl methyl sites for hydroxylation is 1. The number of carbonyl (C=O) groups is 1. The van der Waals surface area contributed by atoms with Crippen LogP contribution in [0.1, 0.15) is 29.0 Å². The van der Waals surface area contributed by atoms with Crippen molar-refractivity contribution in [3.63, 3.8) is 0 Å². The van der Waals surface area contributed by atoms with Crippen LogP contribution in [0.4, 0.5) is 0 Å². The van der Waals surface area contributed by atoms with Crippen molar-refractivity contribution in [1.82, 2.24) is 15.2 Å². The number of aromatic nitrogens is 1. The minimum Gasteiger partial charge on any atom is -0.467 e. The number of rotatable bonds is 3. The van der Waals surface area contributed by atoms with Crippen LogP contribution < -0.4 is 5.32 Å². The minimum atomic E-state index is -0.438. The lowest BCUT2D eigenvalue weighted by Gasteiger charge is -2.22. The molecular formula is C14H17N3O3. The lowest BCUT2D eigenvalue weighted by atomic mass is 10.1. The molecule has 3 rings (SSSR count). The average Bonchev–Trinajstić information content (AvgIpc) is 3.02. The Morgan fingerprint density at radius 1 is 1.55 bits per heavy atom. The first-order valence-electron chi connectivity index (χ1n) is 6.62. The molecule has 20 heavy (non-hydrogen) atoms. The van der Waals surface area contributed by atoms with Crippen LogP contribution in [0.25, 0.3) is 0 Å². The van der Waals surface area contributed by atoms with Crippen molar-refractivity contribution in [3.8, 4) is 0 Å². The van der Waals surface area contributed by atoms with Crippen molar-refractivity contribution in [3.05, 3.63) is 41.5 Å². The molecule has 2 aromatic heterocycles. The Bertz CT molecular complexity index is 617. The Morgan fingerprint density at radius 2 is 2.40 bits per heavy atom. The summed E-state index contributed by atoms with van der Waals surface area (Å²) in [6, 6.07) is 1.49. The number of amides is 1. The van der Waals surface area contributed by atoms with Crippen LogP contribution in [0, 0.1) is 6.92 Å². The molecule has 2 aromatic rings. The highest BCUT2D eigenvalue weighted by Crippen LogP contribution is 2.26. The first kappa shape index (κ1) is 12.9. The van der Waals surface area contributed by atoms with Crippen LogP contribution in [0.2, 0.25) is 0 Å². The molecule has 0 bridgehead atoms. The summed E-state index contributed by atoms with van der Waals surface area (Å²) in [7, 11) is 1.76. The molecular weight excluding hydrogens is 258 g/mol. The highest BCUT2D eigenvalue weighted by atomic mass is 16.4. The summed E-state index contributed by atoms with van der Waals surface area (Å²) >= 11 is 0. The molecule has 0 spiro atoms. The van der Waals surface area contributed by atoms with Crippen molar-refractivity contribution in [2.45, 2.75) is 25.9 Å². The van der Waals surface area contributed by atoms with Gasteiger partial charge in [0.2, 0.25) is 5.91 Å². The van der Waals surface area contributed by atoms with E-state index >= 15 is 0 Å². The lowest BCUT2D eigenvalue weighted by molar-refractivity contribution is -0.134. The summed E-state index contributed by atoms with van der Waals surface area (Å²) in [6.07, 6.45) is 4.08. The van der Waals surface area contributed by atoms with Crippen molar-refractivity contribution >= 4 is 5.91 Å². The van der Waals surface area contributed by atoms with Gasteiger partial charge in [-0.15, -0.1) is 0 Å². The molecule has 0 saturated heterocycles. The number of fused-ring (bicyclic) bond motifs is 1. The van der Waals surface area contributed by atoms with Gasteiger partial charge in [0.15, 0.2) is 5.89 Å². The number of likely N-dealkylation sites (N-methyl/N-ethyl adjacent to an activating group) is 1. The van der Waals surface area contributed by atoms with E-state index in [4.69, 9.17) is 8.83 Å². The zero-order valence-corrected chi connectivity index (χ0v) is 11.5. The van der Waals surface area contributed by atoms with Crippen LogP contribution in [-0.4, -0.2) is 29.4 Å². The number of oxazole rings is 1. The fourth-order valence-electron chi connectivity index (χ4n) is 2.55. The zero-order valence-electron chi connectivity index (χ0n) is 11.5. The molecule has 1 amide bonds. The Balaban J connectivity index is 1.84. The van der Waals surface area contributed by atoms with Crippen LogP contribution in [-0.2, 0) is 17.8 Å². The second-order valence-electron chi connectivity index (χ2n) is 4.89. The number of furan rings is 1.